The molecule has 90 valence electrons. The Morgan fingerprint density at radius 3 is 2.50 bits per heavy atom. The molecule has 1 aliphatic rings. The van der Waals surface area contributed by atoms with Gasteiger partial charge in [-0.25, -0.2) is 0 Å². The van der Waals surface area contributed by atoms with Crippen molar-refractivity contribution in [3.8, 4) is 0 Å². The number of carbonyl (C=O) groups excluding carboxylic acids is 1. The quantitative estimate of drug-likeness (QED) is 0.630. The Labute approximate surface area is 99.0 Å². The van der Waals surface area contributed by atoms with Crippen LogP contribution in [-0.4, -0.2) is 23.4 Å². The summed E-state index contributed by atoms with van der Waals surface area (Å²) < 4.78 is 0. The van der Waals surface area contributed by atoms with E-state index < -0.39 is 0 Å². The van der Waals surface area contributed by atoms with E-state index in [9.17, 15) is 4.79 Å². The van der Waals surface area contributed by atoms with E-state index >= 15 is 0 Å². The van der Waals surface area contributed by atoms with Gasteiger partial charge >= 0.3 is 0 Å². The molecule has 1 rings (SSSR count). The molecule has 0 unspecified atom stereocenters. The van der Waals surface area contributed by atoms with Crippen LogP contribution in [0.25, 0.3) is 0 Å². The molecular formula is C14H23NO. The first-order valence-corrected chi connectivity index (χ1v) is 6.34. The predicted octanol–water partition coefficient (Wildman–Crippen LogP) is 3.30. The maximum absolute atomic E-state index is 12.0. The highest BCUT2D eigenvalue weighted by Gasteiger charge is 2.30. The van der Waals surface area contributed by atoms with Crippen LogP contribution < -0.4 is 0 Å². The molecule has 0 aromatic carbocycles. The largest absolute Gasteiger partial charge is 0.340 e. The molecule has 0 saturated heterocycles. The Balaban J connectivity index is 2.50. The second-order valence-corrected chi connectivity index (χ2v) is 4.26. The van der Waals surface area contributed by atoms with Crippen molar-refractivity contribution >= 4 is 5.91 Å². The summed E-state index contributed by atoms with van der Waals surface area (Å²) in [7, 11) is 0. The highest BCUT2D eigenvalue weighted by molar-refractivity contribution is 5.80. The normalized spacial score (nSPS) is 16.8. The number of amides is 1. The Kier molecular flexibility index (Phi) is 5.30. The maximum atomic E-state index is 12.0. The van der Waals surface area contributed by atoms with Crippen LogP contribution in [0.2, 0.25) is 0 Å². The predicted molar refractivity (Wildman–Crippen MR) is 68.2 cm³/mol. The van der Waals surface area contributed by atoms with Crippen LogP contribution in [0.4, 0.5) is 0 Å². The van der Waals surface area contributed by atoms with Crippen molar-refractivity contribution in [3.63, 3.8) is 0 Å². The summed E-state index contributed by atoms with van der Waals surface area (Å²) in [5.41, 5.74) is 1.13. The topological polar surface area (TPSA) is 20.3 Å². The Morgan fingerprint density at radius 2 is 2.06 bits per heavy atom. The van der Waals surface area contributed by atoms with E-state index in [1.807, 2.05) is 17.9 Å². The molecule has 0 N–H and O–H groups in total. The van der Waals surface area contributed by atoms with Crippen LogP contribution in [0, 0.1) is 0 Å². The fraction of sp³-hybridized carbons (Fsp3) is 0.643. The number of hydrogen-bond acceptors (Lipinski definition) is 1. The van der Waals surface area contributed by atoms with Crippen LogP contribution in [0.5, 0.6) is 0 Å². The third kappa shape index (κ3) is 3.84. The first-order valence-electron chi connectivity index (χ1n) is 6.34. The minimum absolute atomic E-state index is 0.277. The van der Waals surface area contributed by atoms with E-state index in [0.717, 1.165) is 18.5 Å². The third-order valence-corrected chi connectivity index (χ3v) is 2.94. The molecule has 0 aromatic heterocycles. The van der Waals surface area contributed by atoms with Crippen LogP contribution in [0.15, 0.2) is 23.8 Å². The average Bonchev–Trinajstić information content (AvgIpc) is 3.09. The van der Waals surface area contributed by atoms with Crippen molar-refractivity contribution in [2.75, 3.05) is 6.54 Å². The number of hydrogen-bond donors (Lipinski definition) is 0. The van der Waals surface area contributed by atoms with Gasteiger partial charge in [0.1, 0.15) is 0 Å². The smallest absolute Gasteiger partial charge is 0.227 e. The minimum Gasteiger partial charge on any atom is -0.340 e. The SMILES string of the molecule is C/C=C(\C=C/CC)CC(=O)N(CC)C1CC1. The van der Waals surface area contributed by atoms with Crippen LogP contribution in [-0.2, 0) is 4.79 Å². The fourth-order valence-electron chi connectivity index (χ4n) is 1.83. The number of rotatable bonds is 6. The molecule has 1 amide bonds. The molecule has 2 nitrogen and oxygen atoms in total. The first kappa shape index (κ1) is 13.0. The van der Waals surface area contributed by atoms with E-state index in [1.54, 1.807) is 0 Å². The van der Waals surface area contributed by atoms with Crippen molar-refractivity contribution in [1.29, 1.82) is 0 Å². The standard InChI is InChI=1S/C14H23NO/c1-4-7-8-12(5-2)11-14(16)15(6-3)13-9-10-13/h5,7-8,13H,4,6,9-11H2,1-3H3/b8-7-,12-5+. The van der Waals surface area contributed by atoms with E-state index in [0.29, 0.717) is 12.5 Å². The van der Waals surface area contributed by atoms with E-state index in [2.05, 4.69) is 26.0 Å². The van der Waals surface area contributed by atoms with Crippen LogP contribution in [0.3, 0.4) is 0 Å². The Bertz CT molecular complexity index is 287. The van der Waals surface area contributed by atoms with Gasteiger partial charge in [-0.1, -0.05) is 25.2 Å². The van der Waals surface area contributed by atoms with Gasteiger partial charge in [-0.3, -0.25) is 4.79 Å². The summed E-state index contributed by atoms with van der Waals surface area (Å²) >= 11 is 0. The minimum atomic E-state index is 0.277. The zero-order chi connectivity index (χ0) is 12.0. The van der Waals surface area contributed by atoms with Gasteiger partial charge in [0.05, 0.1) is 6.42 Å². The zero-order valence-corrected chi connectivity index (χ0v) is 10.7. The second-order valence-electron chi connectivity index (χ2n) is 4.26. The molecule has 0 radical (unpaired) electrons. The van der Waals surface area contributed by atoms with Gasteiger partial charge < -0.3 is 4.90 Å². The number of allylic oxidation sites excluding steroid dienone is 3. The van der Waals surface area contributed by atoms with E-state index in [1.165, 1.54) is 12.8 Å². The lowest BCUT2D eigenvalue weighted by Gasteiger charge is -2.20. The van der Waals surface area contributed by atoms with Crippen molar-refractivity contribution in [2.24, 2.45) is 0 Å². The second kappa shape index (κ2) is 6.51. The van der Waals surface area contributed by atoms with Gasteiger partial charge in [-0.05, 0) is 38.7 Å². The molecule has 1 fully saturated rings. The molecule has 0 atom stereocenters. The number of carbonyl (C=O) groups is 1. The van der Waals surface area contributed by atoms with Crippen molar-refractivity contribution in [2.45, 2.75) is 52.5 Å². The van der Waals surface area contributed by atoms with Crippen LogP contribution >= 0.6 is 0 Å². The van der Waals surface area contributed by atoms with E-state index in [4.69, 9.17) is 0 Å². The number of nitrogens with zero attached hydrogens (tertiary/aromatic N) is 1. The molecule has 0 spiro atoms. The Morgan fingerprint density at radius 1 is 1.38 bits per heavy atom. The van der Waals surface area contributed by atoms with E-state index in [-0.39, 0.29) is 5.91 Å². The fourth-order valence-corrected chi connectivity index (χ4v) is 1.83. The molecule has 0 heterocycles. The van der Waals surface area contributed by atoms with Gasteiger partial charge in [0, 0.05) is 12.6 Å². The molecule has 2 heteroatoms. The van der Waals surface area contributed by atoms with Gasteiger partial charge in [0.25, 0.3) is 0 Å². The summed E-state index contributed by atoms with van der Waals surface area (Å²) in [5.74, 6) is 0.277. The van der Waals surface area contributed by atoms with Crippen molar-refractivity contribution in [3.05, 3.63) is 23.8 Å². The van der Waals surface area contributed by atoms with Crippen LogP contribution in [0.1, 0.15) is 46.5 Å². The highest BCUT2D eigenvalue weighted by Crippen LogP contribution is 2.27. The summed E-state index contributed by atoms with van der Waals surface area (Å²) in [4.78, 5) is 14.1. The monoisotopic (exact) mass is 221 g/mol. The average molecular weight is 221 g/mol. The summed E-state index contributed by atoms with van der Waals surface area (Å²) in [6, 6.07) is 0.533. The third-order valence-electron chi connectivity index (χ3n) is 2.94. The molecular weight excluding hydrogens is 198 g/mol. The lowest BCUT2D eigenvalue weighted by Crippen LogP contribution is -2.32. The lowest BCUT2D eigenvalue weighted by atomic mass is 10.1. The van der Waals surface area contributed by atoms with Crippen molar-refractivity contribution in [1.82, 2.24) is 4.90 Å². The Hall–Kier alpha value is -1.05. The molecule has 0 bridgehead atoms. The highest BCUT2D eigenvalue weighted by atomic mass is 16.2. The molecule has 16 heavy (non-hydrogen) atoms. The summed E-state index contributed by atoms with van der Waals surface area (Å²) in [6.45, 7) is 7.01. The first-order chi connectivity index (χ1) is 7.72. The maximum Gasteiger partial charge on any atom is 0.227 e. The molecule has 0 aliphatic heterocycles. The van der Waals surface area contributed by atoms with Gasteiger partial charge in [-0.15, -0.1) is 0 Å². The summed E-state index contributed by atoms with van der Waals surface area (Å²) in [6.07, 6.45) is 10.2. The summed E-state index contributed by atoms with van der Waals surface area (Å²) in [5, 5.41) is 0. The zero-order valence-electron chi connectivity index (χ0n) is 10.7. The van der Waals surface area contributed by atoms with Gasteiger partial charge in [-0.2, -0.15) is 0 Å². The van der Waals surface area contributed by atoms with Gasteiger partial charge in [0.2, 0.25) is 5.91 Å². The molecule has 1 saturated carbocycles. The van der Waals surface area contributed by atoms with Gasteiger partial charge in [0.15, 0.2) is 0 Å². The molecule has 1 aliphatic carbocycles. The lowest BCUT2D eigenvalue weighted by molar-refractivity contribution is -0.130. The molecule has 0 aromatic rings. The van der Waals surface area contributed by atoms with Crippen molar-refractivity contribution < 1.29 is 4.79 Å².